The maximum Gasteiger partial charge on any atom is 0.387 e. The van der Waals surface area contributed by atoms with Crippen LogP contribution in [0.4, 0.5) is 13.6 Å². The number of hydrogen-bond acceptors (Lipinski definition) is 4. The Morgan fingerprint density at radius 3 is 2.43 bits per heavy atom. The van der Waals surface area contributed by atoms with Crippen LogP contribution in [0.1, 0.15) is 18.1 Å². The number of rotatable bonds is 8. The largest absolute Gasteiger partial charge is 0.435 e. The molecule has 0 bridgehead atoms. The number of carbonyl (C=O) groups is 3. The van der Waals surface area contributed by atoms with Crippen LogP contribution in [0.2, 0.25) is 0 Å². The summed E-state index contributed by atoms with van der Waals surface area (Å²) >= 11 is 0. The average molecular weight is 417 g/mol. The van der Waals surface area contributed by atoms with E-state index in [4.69, 9.17) is 0 Å². The molecule has 0 aromatic heterocycles. The summed E-state index contributed by atoms with van der Waals surface area (Å²) in [6.07, 6.45) is 0.622. The van der Waals surface area contributed by atoms with E-state index >= 15 is 0 Å². The first-order chi connectivity index (χ1) is 14.3. The smallest absolute Gasteiger partial charge is 0.387 e. The number of nitrogens with zero attached hydrogens (tertiary/aromatic N) is 1. The van der Waals surface area contributed by atoms with Gasteiger partial charge in [0.05, 0.1) is 0 Å². The van der Waals surface area contributed by atoms with Gasteiger partial charge in [-0.25, -0.2) is 4.79 Å². The fourth-order valence-corrected chi connectivity index (χ4v) is 3.20. The average Bonchev–Trinajstić information content (AvgIpc) is 2.93. The third kappa shape index (κ3) is 4.73. The Balaban J connectivity index is 1.60. The predicted octanol–water partition coefficient (Wildman–Crippen LogP) is 2.41. The van der Waals surface area contributed by atoms with Crippen LogP contribution in [0, 0.1) is 0 Å². The molecule has 1 aliphatic heterocycles. The van der Waals surface area contributed by atoms with Gasteiger partial charge in [0.2, 0.25) is 5.91 Å². The lowest BCUT2D eigenvalue weighted by Crippen LogP contribution is -2.43. The van der Waals surface area contributed by atoms with Crippen molar-refractivity contribution in [3.05, 3.63) is 65.7 Å². The Hall–Kier alpha value is -3.49. The van der Waals surface area contributed by atoms with Crippen molar-refractivity contribution in [1.29, 1.82) is 0 Å². The highest BCUT2D eigenvalue weighted by molar-refractivity contribution is 6.09. The number of urea groups is 1. The van der Waals surface area contributed by atoms with Crippen LogP contribution in [0.15, 0.2) is 54.6 Å². The highest BCUT2D eigenvalue weighted by Gasteiger charge is 2.49. The zero-order valence-electron chi connectivity index (χ0n) is 16.2. The number of ether oxygens (including phenoxy) is 1. The van der Waals surface area contributed by atoms with Crippen molar-refractivity contribution in [2.24, 2.45) is 0 Å². The number of alkyl halides is 2. The molecular weight excluding hydrogens is 396 g/mol. The van der Waals surface area contributed by atoms with E-state index in [9.17, 15) is 23.2 Å². The summed E-state index contributed by atoms with van der Waals surface area (Å²) in [5.74, 6) is -1.13. The zero-order chi connectivity index (χ0) is 21.7. The summed E-state index contributed by atoms with van der Waals surface area (Å²) in [5, 5.41) is 5.25. The first kappa shape index (κ1) is 21.2. The summed E-state index contributed by atoms with van der Waals surface area (Å²) in [6, 6.07) is 14.3. The third-order valence-electron chi connectivity index (χ3n) is 4.81. The van der Waals surface area contributed by atoms with Gasteiger partial charge in [-0.1, -0.05) is 42.5 Å². The van der Waals surface area contributed by atoms with Crippen molar-refractivity contribution in [2.45, 2.75) is 25.5 Å². The Kier molecular flexibility index (Phi) is 6.29. The molecule has 1 heterocycles. The van der Waals surface area contributed by atoms with Crippen LogP contribution in [0.3, 0.4) is 0 Å². The third-order valence-corrected chi connectivity index (χ3v) is 4.81. The minimum Gasteiger partial charge on any atom is -0.435 e. The Labute approximate surface area is 172 Å². The molecule has 1 fully saturated rings. The molecule has 0 saturated carbocycles. The quantitative estimate of drug-likeness (QED) is 0.646. The monoisotopic (exact) mass is 417 g/mol. The first-order valence-corrected chi connectivity index (χ1v) is 9.29. The number of benzene rings is 2. The predicted molar refractivity (Wildman–Crippen MR) is 104 cm³/mol. The summed E-state index contributed by atoms with van der Waals surface area (Å²) in [5.41, 5.74) is 0.0270. The molecule has 3 rings (SSSR count). The zero-order valence-corrected chi connectivity index (χ0v) is 16.2. The minimum atomic E-state index is -2.96. The molecule has 0 spiro atoms. The van der Waals surface area contributed by atoms with Crippen molar-refractivity contribution < 1.29 is 27.9 Å². The normalized spacial score (nSPS) is 18.5. The van der Waals surface area contributed by atoms with Gasteiger partial charge in [-0.2, -0.15) is 8.78 Å². The number of carbonyl (C=O) groups excluding carboxylic acids is 3. The molecule has 1 aliphatic rings. The molecule has 9 heteroatoms. The maximum absolute atomic E-state index is 12.8. The lowest BCUT2D eigenvalue weighted by Gasteiger charge is -2.22. The fourth-order valence-electron chi connectivity index (χ4n) is 3.20. The Morgan fingerprint density at radius 1 is 1.13 bits per heavy atom. The van der Waals surface area contributed by atoms with Crippen molar-refractivity contribution in [1.82, 2.24) is 15.5 Å². The molecule has 2 aromatic carbocycles. The molecule has 0 radical (unpaired) electrons. The summed E-state index contributed by atoms with van der Waals surface area (Å²) in [4.78, 5) is 38.2. The van der Waals surface area contributed by atoms with E-state index in [0.29, 0.717) is 18.5 Å². The number of hydrogen-bond donors (Lipinski definition) is 2. The van der Waals surface area contributed by atoms with E-state index in [0.717, 1.165) is 10.5 Å². The number of imide groups is 1. The molecule has 4 amide bonds. The molecule has 1 saturated heterocycles. The van der Waals surface area contributed by atoms with Crippen molar-refractivity contribution >= 4 is 17.8 Å². The summed E-state index contributed by atoms with van der Waals surface area (Å²) in [6.45, 7) is -1.52. The molecule has 0 unspecified atom stereocenters. The van der Waals surface area contributed by atoms with E-state index in [-0.39, 0.29) is 5.75 Å². The van der Waals surface area contributed by atoms with Gasteiger partial charge in [-0.15, -0.1) is 0 Å². The second-order valence-corrected chi connectivity index (χ2v) is 6.93. The lowest BCUT2D eigenvalue weighted by atomic mass is 9.92. The van der Waals surface area contributed by atoms with Gasteiger partial charge in [0.25, 0.3) is 5.91 Å². The van der Waals surface area contributed by atoms with Crippen molar-refractivity contribution in [3.63, 3.8) is 0 Å². The molecule has 158 valence electrons. The standard InChI is InChI=1S/C21H21F2N3O4/c1-21(15-7-9-16(10-8-15)30-19(22)23)18(28)26(20(29)25-21)13-17(27)24-12-11-14-5-3-2-4-6-14/h2-10,19H,11-13H2,1H3,(H,24,27)(H,25,29)/t21-/m0/s1. The second kappa shape index (κ2) is 8.89. The molecule has 30 heavy (non-hydrogen) atoms. The van der Waals surface area contributed by atoms with Gasteiger partial charge in [-0.3, -0.25) is 14.5 Å². The minimum absolute atomic E-state index is 0.0660. The second-order valence-electron chi connectivity index (χ2n) is 6.93. The van der Waals surface area contributed by atoms with E-state index in [1.165, 1.54) is 31.2 Å². The van der Waals surface area contributed by atoms with Crippen LogP contribution in [0.5, 0.6) is 5.75 Å². The number of nitrogens with one attached hydrogen (secondary N) is 2. The van der Waals surface area contributed by atoms with Crippen LogP contribution in [-0.2, 0) is 21.5 Å². The van der Waals surface area contributed by atoms with Gasteiger partial charge in [-0.05, 0) is 36.6 Å². The van der Waals surface area contributed by atoms with E-state index in [1.807, 2.05) is 30.3 Å². The molecular formula is C21H21F2N3O4. The Morgan fingerprint density at radius 2 is 1.80 bits per heavy atom. The van der Waals surface area contributed by atoms with E-state index < -0.39 is 36.5 Å². The van der Waals surface area contributed by atoms with Gasteiger partial charge < -0.3 is 15.4 Å². The SMILES string of the molecule is C[C@@]1(c2ccc(OC(F)F)cc2)NC(=O)N(CC(=O)NCCc2ccccc2)C1=O. The highest BCUT2D eigenvalue weighted by Crippen LogP contribution is 2.30. The summed E-state index contributed by atoms with van der Waals surface area (Å²) < 4.78 is 28.9. The van der Waals surface area contributed by atoms with Crippen molar-refractivity contribution in [2.75, 3.05) is 13.1 Å². The maximum atomic E-state index is 12.8. The number of halogens is 2. The van der Waals surface area contributed by atoms with Gasteiger partial charge in [0, 0.05) is 6.54 Å². The molecule has 2 N–H and O–H groups in total. The molecule has 0 aliphatic carbocycles. The highest BCUT2D eigenvalue weighted by atomic mass is 19.3. The van der Waals surface area contributed by atoms with Crippen LogP contribution < -0.4 is 15.4 Å². The van der Waals surface area contributed by atoms with Gasteiger partial charge >= 0.3 is 12.6 Å². The van der Waals surface area contributed by atoms with Crippen LogP contribution in [-0.4, -0.2) is 42.4 Å². The van der Waals surface area contributed by atoms with Crippen LogP contribution in [0.25, 0.3) is 0 Å². The molecule has 7 nitrogen and oxygen atoms in total. The fraction of sp³-hybridized carbons (Fsp3) is 0.286. The topological polar surface area (TPSA) is 87.7 Å². The van der Waals surface area contributed by atoms with Gasteiger partial charge in [0.15, 0.2) is 0 Å². The van der Waals surface area contributed by atoms with Crippen molar-refractivity contribution in [3.8, 4) is 5.75 Å². The van der Waals surface area contributed by atoms with Crippen LogP contribution >= 0.6 is 0 Å². The van der Waals surface area contributed by atoms with Gasteiger partial charge in [0.1, 0.15) is 17.8 Å². The Bertz CT molecular complexity index is 922. The van der Waals surface area contributed by atoms with E-state index in [2.05, 4.69) is 15.4 Å². The first-order valence-electron chi connectivity index (χ1n) is 9.29. The molecule has 2 aromatic rings. The lowest BCUT2D eigenvalue weighted by molar-refractivity contribution is -0.134. The van der Waals surface area contributed by atoms with E-state index in [1.54, 1.807) is 0 Å². The summed E-state index contributed by atoms with van der Waals surface area (Å²) in [7, 11) is 0. The molecule has 1 atom stereocenters. The number of amides is 4.